The number of nitrogens with two attached hydrogens (primary N) is 1. The fourth-order valence-electron chi connectivity index (χ4n) is 3.78. The van der Waals surface area contributed by atoms with Crippen molar-refractivity contribution in [3.05, 3.63) is 53.6 Å². The van der Waals surface area contributed by atoms with Crippen LogP contribution in [0.4, 0.5) is 0 Å². The van der Waals surface area contributed by atoms with Crippen molar-refractivity contribution < 1.29 is 14.7 Å². The van der Waals surface area contributed by atoms with Gasteiger partial charge in [0.1, 0.15) is 5.82 Å². The number of hydrogen-bond donors (Lipinski definition) is 2. The molecule has 0 unspecified atom stereocenters. The van der Waals surface area contributed by atoms with Gasteiger partial charge in [0.2, 0.25) is 5.91 Å². The third-order valence-corrected chi connectivity index (χ3v) is 5.03. The van der Waals surface area contributed by atoms with Crippen LogP contribution in [0.3, 0.4) is 0 Å². The van der Waals surface area contributed by atoms with Gasteiger partial charge in [-0.1, -0.05) is 25.0 Å². The Morgan fingerprint density at radius 3 is 2.54 bits per heavy atom. The minimum absolute atomic E-state index is 0.227. The Labute approximate surface area is 150 Å². The quantitative estimate of drug-likeness (QED) is 0.751. The van der Waals surface area contributed by atoms with Crippen LogP contribution in [0.1, 0.15) is 52.4 Å². The molecule has 26 heavy (non-hydrogen) atoms. The number of benzene rings is 2. The predicted octanol–water partition coefficient (Wildman–Crippen LogP) is 3.62. The monoisotopic (exact) mass is 349 g/mol. The van der Waals surface area contributed by atoms with Crippen LogP contribution in [0, 0.1) is 0 Å². The van der Waals surface area contributed by atoms with Crippen LogP contribution in [0.2, 0.25) is 0 Å². The Morgan fingerprint density at radius 2 is 1.85 bits per heavy atom. The minimum atomic E-state index is -0.966. The zero-order chi connectivity index (χ0) is 18.3. The van der Waals surface area contributed by atoms with Crippen LogP contribution in [0.25, 0.3) is 22.4 Å². The molecule has 3 N–H and O–H groups in total. The Hall–Kier alpha value is -3.15. The molecule has 0 saturated heterocycles. The zero-order valence-electron chi connectivity index (χ0n) is 14.2. The van der Waals surface area contributed by atoms with Gasteiger partial charge < -0.3 is 15.4 Å². The molecule has 1 aromatic heterocycles. The van der Waals surface area contributed by atoms with Gasteiger partial charge in [-0.2, -0.15) is 0 Å². The number of rotatable bonds is 4. The maximum Gasteiger partial charge on any atom is 0.335 e. The summed E-state index contributed by atoms with van der Waals surface area (Å²) in [6.45, 7) is 0. The van der Waals surface area contributed by atoms with E-state index in [-0.39, 0.29) is 5.56 Å². The highest BCUT2D eigenvalue weighted by Crippen LogP contribution is 2.37. The highest BCUT2D eigenvalue weighted by atomic mass is 16.4. The Kier molecular flexibility index (Phi) is 3.95. The molecule has 1 aliphatic carbocycles. The highest BCUT2D eigenvalue weighted by molar-refractivity contribution is 5.97. The minimum Gasteiger partial charge on any atom is -0.478 e. The zero-order valence-corrected chi connectivity index (χ0v) is 14.2. The van der Waals surface area contributed by atoms with Gasteiger partial charge in [-0.15, -0.1) is 0 Å². The van der Waals surface area contributed by atoms with Gasteiger partial charge in [-0.3, -0.25) is 4.79 Å². The summed E-state index contributed by atoms with van der Waals surface area (Å²) < 4.78 is 2.19. The molecule has 1 fully saturated rings. The molecular formula is C20H19N3O3. The van der Waals surface area contributed by atoms with E-state index in [9.17, 15) is 14.7 Å². The van der Waals surface area contributed by atoms with E-state index in [1.807, 2.05) is 12.1 Å². The van der Waals surface area contributed by atoms with E-state index < -0.39 is 11.9 Å². The lowest BCUT2D eigenvalue weighted by Crippen LogP contribution is -2.10. The molecule has 1 aliphatic rings. The summed E-state index contributed by atoms with van der Waals surface area (Å²) in [6.07, 6.45) is 4.46. The van der Waals surface area contributed by atoms with Crippen LogP contribution in [-0.4, -0.2) is 26.5 Å². The predicted molar refractivity (Wildman–Crippen MR) is 98.2 cm³/mol. The lowest BCUT2D eigenvalue weighted by molar-refractivity contribution is 0.0696. The number of carbonyl (C=O) groups is 2. The van der Waals surface area contributed by atoms with Crippen LogP contribution < -0.4 is 5.73 Å². The number of imidazole rings is 1. The van der Waals surface area contributed by atoms with E-state index in [1.165, 1.54) is 0 Å². The molecule has 0 aliphatic heterocycles. The Bertz CT molecular complexity index is 1020. The van der Waals surface area contributed by atoms with Gasteiger partial charge in [0, 0.05) is 17.2 Å². The van der Waals surface area contributed by atoms with Gasteiger partial charge in [0.25, 0.3) is 0 Å². The molecule has 1 heterocycles. The molecule has 6 heteroatoms. The molecule has 0 radical (unpaired) electrons. The summed E-state index contributed by atoms with van der Waals surface area (Å²) in [5, 5.41) is 9.30. The van der Waals surface area contributed by atoms with Gasteiger partial charge in [-0.25, -0.2) is 9.78 Å². The van der Waals surface area contributed by atoms with Crippen molar-refractivity contribution in [1.82, 2.24) is 9.55 Å². The second-order valence-electron chi connectivity index (χ2n) is 6.70. The molecule has 2 aromatic carbocycles. The van der Waals surface area contributed by atoms with E-state index >= 15 is 0 Å². The fourth-order valence-corrected chi connectivity index (χ4v) is 3.78. The largest absolute Gasteiger partial charge is 0.478 e. The number of carboxylic acids is 1. The second kappa shape index (κ2) is 6.29. The summed E-state index contributed by atoms with van der Waals surface area (Å²) in [4.78, 5) is 27.6. The molecule has 0 atom stereocenters. The number of aromatic carboxylic acids is 1. The lowest BCUT2D eigenvalue weighted by atomic mass is 10.1. The number of carbonyl (C=O) groups excluding carboxylic acids is 1. The lowest BCUT2D eigenvalue weighted by Gasteiger charge is -2.16. The first-order chi connectivity index (χ1) is 12.5. The van der Waals surface area contributed by atoms with Crippen LogP contribution in [0.15, 0.2) is 42.5 Å². The molecule has 4 rings (SSSR count). The molecule has 1 amide bonds. The Balaban J connectivity index is 1.94. The average Bonchev–Trinajstić information content (AvgIpc) is 3.28. The first kappa shape index (κ1) is 16.3. The maximum atomic E-state index is 11.5. The summed E-state index contributed by atoms with van der Waals surface area (Å²) in [6, 6.07) is 12.4. The first-order valence-corrected chi connectivity index (χ1v) is 8.70. The van der Waals surface area contributed by atoms with Crippen molar-refractivity contribution in [1.29, 1.82) is 0 Å². The van der Waals surface area contributed by atoms with Crippen molar-refractivity contribution in [3.63, 3.8) is 0 Å². The second-order valence-corrected chi connectivity index (χ2v) is 6.70. The molecule has 0 bridgehead atoms. The summed E-state index contributed by atoms with van der Waals surface area (Å²) in [5.41, 5.74) is 8.44. The van der Waals surface area contributed by atoms with Crippen molar-refractivity contribution in [2.24, 2.45) is 5.73 Å². The highest BCUT2D eigenvalue weighted by Gasteiger charge is 2.24. The summed E-state index contributed by atoms with van der Waals surface area (Å²) in [5.74, 6) is -0.722. The van der Waals surface area contributed by atoms with Gasteiger partial charge in [0.15, 0.2) is 0 Å². The molecule has 0 spiro atoms. The molecule has 1 saturated carbocycles. The van der Waals surface area contributed by atoms with Gasteiger partial charge >= 0.3 is 5.97 Å². The van der Waals surface area contributed by atoms with Crippen molar-refractivity contribution >= 4 is 22.9 Å². The van der Waals surface area contributed by atoms with E-state index in [1.54, 1.807) is 30.3 Å². The number of nitrogens with zero attached hydrogens (tertiary/aromatic N) is 2. The SMILES string of the molecule is NC(=O)c1ccc2c(c1)nc(-c1cccc(C(=O)O)c1)n2C1CCCC1. The van der Waals surface area contributed by atoms with E-state index in [4.69, 9.17) is 10.7 Å². The molecular weight excluding hydrogens is 330 g/mol. The number of primary amides is 1. The number of carboxylic acid groups (broad SMARTS) is 1. The van der Waals surface area contributed by atoms with Crippen molar-refractivity contribution in [2.75, 3.05) is 0 Å². The Morgan fingerprint density at radius 1 is 1.08 bits per heavy atom. The number of fused-ring (bicyclic) bond motifs is 1. The third-order valence-electron chi connectivity index (χ3n) is 5.03. The van der Waals surface area contributed by atoms with E-state index in [0.717, 1.165) is 42.6 Å². The maximum absolute atomic E-state index is 11.5. The number of aromatic nitrogens is 2. The topological polar surface area (TPSA) is 98.2 Å². The van der Waals surface area contributed by atoms with Crippen molar-refractivity contribution in [3.8, 4) is 11.4 Å². The normalized spacial score (nSPS) is 14.8. The average molecular weight is 349 g/mol. The van der Waals surface area contributed by atoms with Crippen LogP contribution in [-0.2, 0) is 0 Å². The molecule has 132 valence electrons. The molecule has 6 nitrogen and oxygen atoms in total. The molecule has 3 aromatic rings. The van der Waals surface area contributed by atoms with Gasteiger partial charge in [0.05, 0.1) is 16.6 Å². The fraction of sp³-hybridized carbons (Fsp3) is 0.250. The van der Waals surface area contributed by atoms with Crippen LogP contribution in [0.5, 0.6) is 0 Å². The van der Waals surface area contributed by atoms with Crippen LogP contribution >= 0.6 is 0 Å². The van der Waals surface area contributed by atoms with Gasteiger partial charge in [-0.05, 0) is 43.2 Å². The van der Waals surface area contributed by atoms with Crippen molar-refractivity contribution in [2.45, 2.75) is 31.7 Å². The standard InChI is InChI=1S/C20H19N3O3/c21-18(24)12-8-9-17-16(11-12)22-19(23(17)15-6-1-2-7-15)13-4-3-5-14(10-13)20(25)26/h3-5,8-11,15H,1-2,6-7H2,(H2,21,24)(H,25,26). The smallest absolute Gasteiger partial charge is 0.335 e. The summed E-state index contributed by atoms with van der Waals surface area (Å²) >= 11 is 0. The van der Waals surface area contributed by atoms with E-state index in [0.29, 0.717) is 17.1 Å². The third kappa shape index (κ3) is 2.73. The number of amides is 1. The first-order valence-electron chi connectivity index (χ1n) is 8.70. The van der Waals surface area contributed by atoms with E-state index in [2.05, 4.69) is 4.57 Å². The number of hydrogen-bond acceptors (Lipinski definition) is 3. The summed E-state index contributed by atoms with van der Waals surface area (Å²) in [7, 11) is 0.